The number of fused-ring (bicyclic) bond motifs is 1. The van der Waals surface area contributed by atoms with Crippen molar-refractivity contribution in [2.24, 2.45) is 4.99 Å². The van der Waals surface area contributed by atoms with E-state index in [-0.39, 0.29) is 0 Å². The maximum absolute atomic E-state index is 4.64. The molecule has 6 nitrogen and oxygen atoms in total. The van der Waals surface area contributed by atoms with E-state index in [2.05, 4.69) is 59.0 Å². The van der Waals surface area contributed by atoms with Gasteiger partial charge in [-0.1, -0.05) is 0 Å². The van der Waals surface area contributed by atoms with Crippen LogP contribution in [0.15, 0.2) is 51.5 Å². The molecule has 1 saturated heterocycles. The number of nitrogens with one attached hydrogen (secondary N) is 2. The number of aromatic nitrogens is 2. The van der Waals surface area contributed by atoms with Gasteiger partial charge in [0.2, 0.25) is 0 Å². The van der Waals surface area contributed by atoms with Crippen LogP contribution in [0.2, 0.25) is 0 Å². The standard InChI is InChI=1S/C19H23BrN6S/c1-21-19(22-11-16-13-26-12-14(20)4-5-17(26)23-16)24-15-6-8-25(9-7-15)18-3-2-10-27-18/h2-5,10,12-13,15H,6-9,11H2,1H3,(H2,21,22,24). The predicted molar refractivity (Wildman–Crippen MR) is 116 cm³/mol. The van der Waals surface area contributed by atoms with Crippen molar-refractivity contribution >= 4 is 43.9 Å². The summed E-state index contributed by atoms with van der Waals surface area (Å²) < 4.78 is 3.07. The molecule has 8 heteroatoms. The van der Waals surface area contributed by atoms with Crippen molar-refractivity contribution in [3.8, 4) is 0 Å². The lowest BCUT2D eigenvalue weighted by molar-refractivity contribution is 0.462. The summed E-state index contributed by atoms with van der Waals surface area (Å²) in [7, 11) is 1.82. The zero-order valence-corrected chi connectivity index (χ0v) is 17.6. The molecular formula is C19H23BrN6S. The molecule has 3 aromatic heterocycles. The van der Waals surface area contributed by atoms with E-state index in [9.17, 15) is 0 Å². The topological polar surface area (TPSA) is 57.0 Å². The van der Waals surface area contributed by atoms with Crippen molar-refractivity contribution < 1.29 is 0 Å². The van der Waals surface area contributed by atoms with Crippen molar-refractivity contribution in [2.75, 3.05) is 25.0 Å². The van der Waals surface area contributed by atoms with Crippen LogP contribution in [0.3, 0.4) is 0 Å². The van der Waals surface area contributed by atoms with E-state index in [4.69, 9.17) is 0 Å². The molecule has 0 saturated carbocycles. The van der Waals surface area contributed by atoms with Crippen molar-refractivity contribution in [1.82, 2.24) is 20.0 Å². The summed E-state index contributed by atoms with van der Waals surface area (Å²) >= 11 is 5.31. The summed E-state index contributed by atoms with van der Waals surface area (Å²) in [6.45, 7) is 2.81. The Kier molecular flexibility index (Phi) is 5.63. The van der Waals surface area contributed by atoms with Crippen LogP contribution in [0.4, 0.5) is 5.00 Å². The molecule has 0 radical (unpaired) electrons. The maximum Gasteiger partial charge on any atom is 0.191 e. The lowest BCUT2D eigenvalue weighted by Gasteiger charge is -2.33. The largest absolute Gasteiger partial charge is 0.363 e. The molecule has 4 heterocycles. The van der Waals surface area contributed by atoms with Gasteiger partial charge in [-0.15, -0.1) is 11.3 Å². The van der Waals surface area contributed by atoms with Gasteiger partial charge in [0.25, 0.3) is 0 Å². The highest BCUT2D eigenvalue weighted by Crippen LogP contribution is 2.24. The number of nitrogens with zero attached hydrogens (tertiary/aromatic N) is 4. The number of anilines is 1. The summed E-state index contributed by atoms with van der Waals surface area (Å²) in [4.78, 5) is 11.5. The number of pyridine rings is 1. The Balaban J connectivity index is 1.29. The molecule has 0 aromatic carbocycles. The number of hydrogen-bond acceptors (Lipinski definition) is 4. The van der Waals surface area contributed by atoms with Crippen LogP contribution in [-0.2, 0) is 6.54 Å². The highest BCUT2D eigenvalue weighted by molar-refractivity contribution is 9.10. The second-order valence-electron chi connectivity index (χ2n) is 6.63. The molecule has 1 aliphatic rings. The Bertz CT molecular complexity index is 912. The van der Waals surface area contributed by atoms with Crippen LogP contribution in [-0.4, -0.2) is 41.5 Å². The Morgan fingerprint density at radius 3 is 2.89 bits per heavy atom. The minimum absolute atomic E-state index is 0.449. The summed E-state index contributed by atoms with van der Waals surface area (Å²) in [5.74, 6) is 0.836. The first kappa shape index (κ1) is 18.3. The fraction of sp³-hybridized carbons (Fsp3) is 0.368. The van der Waals surface area contributed by atoms with Crippen LogP contribution in [0.1, 0.15) is 18.5 Å². The zero-order chi connectivity index (χ0) is 18.6. The first-order chi connectivity index (χ1) is 13.2. The molecular weight excluding hydrogens is 424 g/mol. The van der Waals surface area contributed by atoms with Gasteiger partial charge < -0.3 is 19.9 Å². The van der Waals surface area contributed by atoms with Gasteiger partial charge in [-0.05, 0) is 58.4 Å². The van der Waals surface area contributed by atoms with Crippen molar-refractivity contribution in [1.29, 1.82) is 0 Å². The lowest BCUT2D eigenvalue weighted by Crippen LogP contribution is -2.48. The average Bonchev–Trinajstić information content (AvgIpc) is 3.35. The molecule has 0 amide bonds. The van der Waals surface area contributed by atoms with Crippen LogP contribution in [0.25, 0.3) is 5.65 Å². The third-order valence-corrected chi connectivity index (χ3v) is 6.18. The van der Waals surface area contributed by atoms with Crippen molar-refractivity contribution in [2.45, 2.75) is 25.4 Å². The highest BCUT2D eigenvalue weighted by atomic mass is 79.9. The van der Waals surface area contributed by atoms with Gasteiger partial charge >= 0.3 is 0 Å². The molecule has 0 unspecified atom stereocenters. The number of hydrogen-bond donors (Lipinski definition) is 2. The van der Waals surface area contributed by atoms with Crippen LogP contribution in [0.5, 0.6) is 0 Å². The predicted octanol–water partition coefficient (Wildman–Crippen LogP) is 3.49. The van der Waals surface area contributed by atoms with Gasteiger partial charge in [0, 0.05) is 43.0 Å². The van der Waals surface area contributed by atoms with E-state index in [1.807, 2.05) is 47.3 Å². The second kappa shape index (κ2) is 8.31. The van der Waals surface area contributed by atoms with Crippen LogP contribution < -0.4 is 15.5 Å². The van der Waals surface area contributed by atoms with Gasteiger partial charge in [-0.3, -0.25) is 4.99 Å². The molecule has 0 aliphatic carbocycles. The van der Waals surface area contributed by atoms with E-state index in [1.54, 1.807) is 0 Å². The van der Waals surface area contributed by atoms with Crippen molar-refractivity contribution in [3.63, 3.8) is 0 Å². The monoisotopic (exact) mass is 446 g/mol. The van der Waals surface area contributed by atoms with E-state index in [0.717, 1.165) is 47.7 Å². The fourth-order valence-electron chi connectivity index (χ4n) is 3.36. The van der Waals surface area contributed by atoms with E-state index in [1.165, 1.54) is 5.00 Å². The normalized spacial score (nSPS) is 16.1. The third-order valence-electron chi connectivity index (χ3n) is 4.78. The summed E-state index contributed by atoms with van der Waals surface area (Å²) in [5.41, 5.74) is 1.93. The Hall–Kier alpha value is -2.06. The molecule has 27 heavy (non-hydrogen) atoms. The number of thiophene rings is 1. The number of guanidine groups is 1. The first-order valence-corrected chi connectivity index (χ1v) is 10.8. The molecule has 4 rings (SSSR count). The van der Waals surface area contributed by atoms with E-state index >= 15 is 0 Å². The summed E-state index contributed by atoms with van der Waals surface area (Å²) in [6.07, 6.45) is 6.28. The van der Waals surface area contributed by atoms with Gasteiger partial charge in [0.1, 0.15) is 5.65 Å². The van der Waals surface area contributed by atoms with Gasteiger partial charge in [0.15, 0.2) is 5.96 Å². The fourth-order valence-corrected chi connectivity index (χ4v) is 4.50. The number of piperidine rings is 1. The molecule has 1 fully saturated rings. The lowest BCUT2D eigenvalue weighted by atomic mass is 10.1. The maximum atomic E-state index is 4.64. The molecule has 0 bridgehead atoms. The molecule has 1 aliphatic heterocycles. The molecule has 0 spiro atoms. The van der Waals surface area contributed by atoms with Gasteiger partial charge in [0.05, 0.1) is 17.2 Å². The third kappa shape index (κ3) is 4.44. The summed E-state index contributed by atoms with van der Waals surface area (Å²) in [5, 5.41) is 10.5. The number of aliphatic imine (C=N–C) groups is 1. The van der Waals surface area contributed by atoms with Crippen molar-refractivity contribution in [3.05, 3.63) is 52.2 Å². The second-order valence-corrected chi connectivity index (χ2v) is 8.47. The zero-order valence-electron chi connectivity index (χ0n) is 15.2. The minimum atomic E-state index is 0.449. The first-order valence-electron chi connectivity index (χ1n) is 9.10. The van der Waals surface area contributed by atoms with Gasteiger partial charge in [-0.2, -0.15) is 0 Å². The minimum Gasteiger partial charge on any atom is -0.363 e. The Morgan fingerprint density at radius 1 is 1.30 bits per heavy atom. The average molecular weight is 447 g/mol. The summed E-state index contributed by atoms with van der Waals surface area (Å²) in [6, 6.07) is 8.77. The van der Waals surface area contributed by atoms with Gasteiger partial charge in [-0.25, -0.2) is 4.98 Å². The molecule has 0 atom stereocenters. The molecule has 3 aromatic rings. The smallest absolute Gasteiger partial charge is 0.191 e. The van der Waals surface area contributed by atoms with E-state index < -0.39 is 0 Å². The molecule has 142 valence electrons. The Labute approximate surface area is 171 Å². The number of imidazole rings is 1. The van der Waals surface area contributed by atoms with Crippen LogP contribution >= 0.6 is 27.3 Å². The van der Waals surface area contributed by atoms with Crippen LogP contribution in [0, 0.1) is 0 Å². The van der Waals surface area contributed by atoms with E-state index in [0.29, 0.717) is 12.6 Å². The molecule has 2 N–H and O–H groups in total. The number of rotatable bonds is 4. The SMILES string of the molecule is CN=C(NCc1cn2cc(Br)ccc2n1)NC1CCN(c2cccs2)CC1. The Morgan fingerprint density at radius 2 is 2.15 bits per heavy atom. The highest BCUT2D eigenvalue weighted by Gasteiger charge is 2.20. The quantitative estimate of drug-likeness (QED) is 0.475. The number of halogens is 1.